The van der Waals surface area contributed by atoms with E-state index in [9.17, 15) is 0 Å². The van der Waals surface area contributed by atoms with E-state index in [1.54, 1.807) is 18.9 Å². The number of hydrogen-bond acceptors (Lipinski definition) is 4. The highest BCUT2D eigenvalue weighted by atomic mass is 32.2. The molecule has 0 amide bonds. The summed E-state index contributed by atoms with van der Waals surface area (Å²) < 4.78 is 5.15. The van der Waals surface area contributed by atoms with Crippen LogP contribution in [0.4, 0.5) is 0 Å². The van der Waals surface area contributed by atoms with Gasteiger partial charge in [-0.05, 0) is 18.6 Å². The number of benzene rings is 1. The van der Waals surface area contributed by atoms with Crippen LogP contribution in [0.1, 0.15) is 12.8 Å². The Labute approximate surface area is 104 Å². The molecule has 1 aromatic heterocycles. The molecule has 17 heavy (non-hydrogen) atoms. The van der Waals surface area contributed by atoms with E-state index in [1.165, 1.54) is 0 Å². The first-order valence-corrected chi connectivity index (χ1v) is 6.35. The largest absolute Gasteiger partial charge is 0.497 e. The second-order valence-electron chi connectivity index (χ2n) is 3.54. The van der Waals surface area contributed by atoms with Gasteiger partial charge in [0, 0.05) is 18.2 Å². The molecule has 1 N–H and O–H groups in total. The van der Waals surface area contributed by atoms with Crippen molar-refractivity contribution in [1.29, 1.82) is 5.26 Å². The van der Waals surface area contributed by atoms with Gasteiger partial charge in [0.25, 0.3) is 0 Å². The minimum atomic E-state index is 0.598. The van der Waals surface area contributed by atoms with Crippen molar-refractivity contribution in [3.63, 3.8) is 0 Å². The average molecular weight is 247 g/mol. The molecule has 0 saturated heterocycles. The first-order valence-electron chi connectivity index (χ1n) is 5.37. The van der Waals surface area contributed by atoms with E-state index < -0.39 is 0 Å². The molecule has 1 aromatic carbocycles. The van der Waals surface area contributed by atoms with E-state index in [0.29, 0.717) is 6.42 Å². The fraction of sp³-hybridized carbons (Fsp3) is 0.333. The number of rotatable bonds is 5. The van der Waals surface area contributed by atoms with Gasteiger partial charge < -0.3 is 9.72 Å². The summed E-state index contributed by atoms with van der Waals surface area (Å²) in [6.07, 6.45) is 1.49. The maximum atomic E-state index is 8.44. The summed E-state index contributed by atoms with van der Waals surface area (Å²) in [4.78, 5) is 7.69. The molecule has 2 rings (SSSR count). The van der Waals surface area contributed by atoms with E-state index in [-0.39, 0.29) is 0 Å². The number of ether oxygens (including phenoxy) is 1. The summed E-state index contributed by atoms with van der Waals surface area (Å²) >= 11 is 1.64. The molecule has 0 unspecified atom stereocenters. The van der Waals surface area contributed by atoms with E-state index in [4.69, 9.17) is 10.00 Å². The monoisotopic (exact) mass is 247 g/mol. The molecule has 1 heterocycles. The normalized spacial score (nSPS) is 10.4. The summed E-state index contributed by atoms with van der Waals surface area (Å²) in [5.41, 5.74) is 1.92. The molecular formula is C12H13N3OS. The minimum Gasteiger partial charge on any atom is -0.497 e. The van der Waals surface area contributed by atoms with Gasteiger partial charge in [0.15, 0.2) is 5.16 Å². The lowest BCUT2D eigenvalue weighted by molar-refractivity contribution is 0.415. The van der Waals surface area contributed by atoms with Crippen molar-refractivity contribution in [3.8, 4) is 11.8 Å². The highest BCUT2D eigenvalue weighted by molar-refractivity contribution is 7.99. The lowest BCUT2D eigenvalue weighted by Gasteiger charge is -1.96. The molecular weight excluding hydrogens is 234 g/mol. The van der Waals surface area contributed by atoms with Gasteiger partial charge in [-0.15, -0.1) is 0 Å². The Bertz CT molecular complexity index is 544. The molecule has 0 fully saturated rings. The van der Waals surface area contributed by atoms with Crippen molar-refractivity contribution in [2.24, 2.45) is 0 Å². The van der Waals surface area contributed by atoms with E-state index in [0.717, 1.165) is 34.1 Å². The molecule has 0 saturated carbocycles. The fourth-order valence-corrected chi connectivity index (χ4v) is 2.31. The van der Waals surface area contributed by atoms with Crippen LogP contribution in [0.25, 0.3) is 11.0 Å². The number of nitrogens with one attached hydrogen (secondary N) is 1. The molecule has 0 atom stereocenters. The van der Waals surface area contributed by atoms with Crippen LogP contribution in [-0.2, 0) is 0 Å². The molecule has 0 aliphatic rings. The molecule has 5 heteroatoms. The number of thioether (sulfide) groups is 1. The van der Waals surface area contributed by atoms with Crippen molar-refractivity contribution < 1.29 is 4.74 Å². The number of unbranched alkanes of at least 4 members (excludes halogenated alkanes) is 1. The Morgan fingerprint density at radius 1 is 1.53 bits per heavy atom. The third kappa shape index (κ3) is 2.92. The van der Waals surface area contributed by atoms with Gasteiger partial charge >= 0.3 is 0 Å². The Morgan fingerprint density at radius 2 is 2.41 bits per heavy atom. The van der Waals surface area contributed by atoms with Crippen LogP contribution in [0.2, 0.25) is 0 Å². The molecule has 0 aliphatic heterocycles. The quantitative estimate of drug-likeness (QED) is 0.651. The lowest BCUT2D eigenvalue weighted by Crippen LogP contribution is -1.81. The number of imidazole rings is 1. The van der Waals surface area contributed by atoms with E-state index >= 15 is 0 Å². The van der Waals surface area contributed by atoms with Crippen LogP contribution >= 0.6 is 11.8 Å². The zero-order chi connectivity index (χ0) is 12.1. The molecule has 0 aliphatic carbocycles. The number of H-pyrrole nitrogens is 1. The Kier molecular flexibility index (Phi) is 3.89. The number of hydrogen-bond donors (Lipinski definition) is 1. The maximum absolute atomic E-state index is 8.44. The Hall–Kier alpha value is -1.67. The first kappa shape index (κ1) is 11.8. The minimum absolute atomic E-state index is 0.598. The van der Waals surface area contributed by atoms with Gasteiger partial charge in [-0.1, -0.05) is 11.8 Å². The summed E-state index contributed by atoms with van der Waals surface area (Å²) in [6, 6.07) is 7.90. The van der Waals surface area contributed by atoms with Gasteiger partial charge in [-0.3, -0.25) is 0 Å². The molecule has 0 radical (unpaired) electrons. The van der Waals surface area contributed by atoms with Crippen LogP contribution in [0.5, 0.6) is 5.75 Å². The standard InChI is InChI=1S/C12H13N3OS/c1-16-9-4-5-10-11(8-9)15-12(14-10)17-7-3-2-6-13/h4-5,8H,2-3,7H2,1H3,(H,14,15). The topological polar surface area (TPSA) is 61.7 Å². The molecule has 4 nitrogen and oxygen atoms in total. The fourth-order valence-electron chi connectivity index (χ4n) is 1.48. The van der Waals surface area contributed by atoms with Gasteiger partial charge in [-0.25, -0.2) is 4.98 Å². The maximum Gasteiger partial charge on any atom is 0.166 e. The summed E-state index contributed by atoms with van der Waals surface area (Å²) in [6.45, 7) is 0. The highest BCUT2D eigenvalue weighted by Gasteiger charge is 2.04. The van der Waals surface area contributed by atoms with Gasteiger partial charge in [-0.2, -0.15) is 5.26 Å². The zero-order valence-corrected chi connectivity index (χ0v) is 10.4. The van der Waals surface area contributed by atoms with Crippen molar-refractivity contribution in [2.75, 3.05) is 12.9 Å². The summed E-state index contributed by atoms with van der Waals surface area (Å²) in [5, 5.41) is 9.33. The van der Waals surface area contributed by atoms with Crippen molar-refractivity contribution in [3.05, 3.63) is 18.2 Å². The second kappa shape index (κ2) is 5.60. The highest BCUT2D eigenvalue weighted by Crippen LogP contribution is 2.23. The zero-order valence-electron chi connectivity index (χ0n) is 9.56. The van der Waals surface area contributed by atoms with Gasteiger partial charge in [0.1, 0.15) is 5.75 Å². The Balaban J connectivity index is 2.07. The van der Waals surface area contributed by atoms with Gasteiger partial charge in [0.05, 0.1) is 24.2 Å². The third-order valence-electron chi connectivity index (χ3n) is 2.34. The number of nitrogens with zero attached hydrogens (tertiary/aromatic N) is 2. The summed E-state index contributed by atoms with van der Waals surface area (Å²) in [7, 11) is 1.65. The van der Waals surface area contributed by atoms with Gasteiger partial charge in [0.2, 0.25) is 0 Å². The predicted molar refractivity (Wildman–Crippen MR) is 68.2 cm³/mol. The number of aromatic amines is 1. The number of methoxy groups -OCH3 is 1. The van der Waals surface area contributed by atoms with Crippen molar-refractivity contribution >= 4 is 22.8 Å². The first-order chi connectivity index (χ1) is 8.33. The van der Waals surface area contributed by atoms with Crippen LogP contribution in [0.15, 0.2) is 23.4 Å². The number of fused-ring (bicyclic) bond motifs is 1. The Morgan fingerprint density at radius 3 is 3.18 bits per heavy atom. The van der Waals surface area contributed by atoms with Crippen LogP contribution in [0, 0.1) is 11.3 Å². The van der Waals surface area contributed by atoms with Crippen LogP contribution in [0.3, 0.4) is 0 Å². The number of aromatic nitrogens is 2. The van der Waals surface area contributed by atoms with E-state index in [2.05, 4.69) is 16.0 Å². The number of nitriles is 1. The van der Waals surface area contributed by atoms with E-state index in [1.807, 2.05) is 18.2 Å². The third-order valence-corrected chi connectivity index (χ3v) is 3.30. The lowest BCUT2D eigenvalue weighted by atomic mass is 10.3. The predicted octanol–water partition coefficient (Wildman–Crippen LogP) is 2.97. The van der Waals surface area contributed by atoms with Crippen LogP contribution < -0.4 is 4.74 Å². The van der Waals surface area contributed by atoms with Crippen molar-refractivity contribution in [2.45, 2.75) is 18.0 Å². The van der Waals surface area contributed by atoms with Crippen molar-refractivity contribution in [1.82, 2.24) is 9.97 Å². The SMILES string of the molecule is COc1ccc2nc(SCCCC#N)[nH]c2c1. The van der Waals surface area contributed by atoms with Crippen LogP contribution in [-0.4, -0.2) is 22.8 Å². The molecule has 0 spiro atoms. The molecule has 88 valence electrons. The second-order valence-corrected chi connectivity index (χ2v) is 4.62. The molecule has 0 bridgehead atoms. The summed E-state index contributed by atoms with van der Waals surface area (Å²) in [5.74, 6) is 1.73. The molecule has 2 aromatic rings. The smallest absolute Gasteiger partial charge is 0.166 e. The average Bonchev–Trinajstić information content (AvgIpc) is 2.76.